The first-order valence-electron chi connectivity index (χ1n) is 8.74. The molecule has 0 aromatic carbocycles. The van der Waals surface area contributed by atoms with E-state index < -0.39 is 0 Å². The minimum Gasteiger partial charge on any atom is -0.321 e. The average Bonchev–Trinajstić information content (AvgIpc) is 2.70. The summed E-state index contributed by atoms with van der Waals surface area (Å²) in [6.45, 7) is 14.2. The van der Waals surface area contributed by atoms with E-state index in [-0.39, 0.29) is 11.7 Å². The monoisotopic (exact) mass is 295 g/mol. The van der Waals surface area contributed by atoms with E-state index in [0.29, 0.717) is 17.9 Å². The van der Waals surface area contributed by atoms with Crippen LogP contribution < -0.4 is 5.32 Å². The van der Waals surface area contributed by atoms with Crippen LogP contribution in [0.1, 0.15) is 60.3 Å². The van der Waals surface area contributed by atoms with Crippen LogP contribution in [-0.4, -0.2) is 53.1 Å². The predicted molar refractivity (Wildman–Crippen MR) is 87.1 cm³/mol. The van der Waals surface area contributed by atoms with E-state index in [2.05, 4.69) is 49.7 Å². The number of hydrogen-bond acceptors (Lipinski definition) is 3. The van der Waals surface area contributed by atoms with Crippen LogP contribution >= 0.6 is 0 Å². The lowest BCUT2D eigenvalue weighted by Crippen LogP contribution is -2.53. The van der Waals surface area contributed by atoms with Crippen molar-refractivity contribution in [3.8, 4) is 0 Å². The van der Waals surface area contributed by atoms with Gasteiger partial charge >= 0.3 is 0 Å². The van der Waals surface area contributed by atoms with Gasteiger partial charge in [-0.2, -0.15) is 0 Å². The first kappa shape index (κ1) is 16.8. The van der Waals surface area contributed by atoms with Gasteiger partial charge < -0.3 is 9.80 Å². The van der Waals surface area contributed by atoms with Gasteiger partial charge in [0.05, 0.1) is 11.7 Å². The Labute approximate surface area is 130 Å². The molecule has 4 heteroatoms. The Balaban J connectivity index is 2.18. The van der Waals surface area contributed by atoms with Crippen LogP contribution in [0, 0.1) is 5.92 Å². The van der Waals surface area contributed by atoms with Gasteiger partial charge in [-0.3, -0.25) is 10.1 Å². The molecule has 0 saturated carbocycles. The molecule has 2 aliphatic heterocycles. The van der Waals surface area contributed by atoms with Crippen molar-refractivity contribution in [1.29, 1.82) is 0 Å². The molecule has 21 heavy (non-hydrogen) atoms. The van der Waals surface area contributed by atoms with Crippen molar-refractivity contribution in [1.82, 2.24) is 15.1 Å². The molecule has 0 aromatic heterocycles. The fraction of sp³-hybridized carbons (Fsp3) is 0.941. The van der Waals surface area contributed by atoms with E-state index in [1.54, 1.807) is 0 Å². The molecule has 0 aromatic rings. The van der Waals surface area contributed by atoms with Gasteiger partial charge in [-0.15, -0.1) is 0 Å². The molecule has 2 aliphatic rings. The van der Waals surface area contributed by atoms with Crippen LogP contribution in [0.25, 0.3) is 0 Å². The van der Waals surface area contributed by atoms with Gasteiger partial charge in [0.15, 0.2) is 0 Å². The maximum Gasteiger partial charge on any atom is 0.244 e. The summed E-state index contributed by atoms with van der Waals surface area (Å²) in [5.41, 5.74) is -0.367. The van der Waals surface area contributed by atoms with Crippen LogP contribution in [0.3, 0.4) is 0 Å². The normalized spacial score (nSPS) is 35.0. The van der Waals surface area contributed by atoms with E-state index in [1.165, 1.54) is 13.0 Å². The summed E-state index contributed by atoms with van der Waals surface area (Å²) in [4.78, 5) is 17.7. The van der Waals surface area contributed by atoms with Gasteiger partial charge in [-0.05, 0) is 51.6 Å². The van der Waals surface area contributed by atoms with Gasteiger partial charge in [0, 0.05) is 12.6 Å². The lowest BCUT2D eigenvalue weighted by atomic mass is 9.97. The van der Waals surface area contributed by atoms with Crippen LogP contribution in [0.5, 0.6) is 0 Å². The lowest BCUT2D eigenvalue weighted by molar-refractivity contribution is -0.136. The van der Waals surface area contributed by atoms with Crippen molar-refractivity contribution in [2.75, 3.05) is 19.6 Å². The molecular weight excluding hydrogens is 262 g/mol. The lowest BCUT2D eigenvalue weighted by Gasteiger charge is -2.40. The zero-order chi connectivity index (χ0) is 15.6. The second kappa shape index (κ2) is 6.66. The molecule has 2 saturated heterocycles. The highest BCUT2D eigenvalue weighted by Gasteiger charge is 2.49. The summed E-state index contributed by atoms with van der Waals surface area (Å²) in [6.07, 6.45) is 4.48. The van der Waals surface area contributed by atoms with E-state index in [4.69, 9.17) is 0 Å². The molecule has 1 amide bonds. The number of nitrogens with one attached hydrogen (secondary N) is 1. The van der Waals surface area contributed by atoms with Crippen LogP contribution in [0.15, 0.2) is 0 Å². The van der Waals surface area contributed by atoms with Gasteiger partial charge in [-0.1, -0.05) is 27.7 Å². The second-order valence-electron chi connectivity index (χ2n) is 7.38. The summed E-state index contributed by atoms with van der Waals surface area (Å²) in [6, 6.07) is 0.385. The number of likely N-dealkylation sites (N-methyl/N-ethyl adjacent to an activating group) is 1. The van der Waals surface area contributed by atoms with Gasteiger partial charge in [-0.25, -0.2) is 0 Å². The summed E-state index contributed by atoms with van der Waals surface area (Å²) in [5, 5.41) is 3.64. The van der Waals surface area contributed by atoms with Crippen molar-refractivity contribution in [2.45, 2.75) is 78.0 Å². The molecule has 2 heterocycles. The minimum absolute atomic E-state index is 0.212. The third-order valence-electron chi connectivity index (χ3n) is 5.25. The molecule has 122 valence electrons. The fourth-order valence-electron chi connectivity index (χ4n) is 3.76. The largest absolute Gasteiger partial charge is 0.321 e. The molecular formula is C17H33N3O. The third kappa shape index (κ3) is 3.42. The molecule has 3 atom stereocenters. The fourth-order valence-corrected chi connectivity index (χ4v) is 3.76. The molecule has 0 aliphatic carbocycles. The Kier molecular flexibility index (Phi) is 5.31. The number of rotatable bonds is 5. The summed E-state index contributed by atoms with van der Waals surface area (Å²) in [5.74, 6) is 0.918. The van der Waals surface area contributed by atoms with Crippen molar-refractivity contribution in [3.63, 3.8) is 0 Å². The molecule has 2 rings (SSSR count). The van der Waals surface area contributed by atoms with E-state index in [9.17, 15) is 4.79 Å². The maximum absolute atomic E-state index is 13.0. The predicted octanol–water partition coefficient (Wildman–Crippen LogP) is 2.44. The highest BCUT2D eigenvalue weighted by Crippen LogP contribution is 2.31. The number of nitrogens with zero attached hydrogens (tertiary/aromatic N) is 2. The topological polar surface area (TPSA) is 35.6 Å². The average molecular weight is 295 g/mol. The van der Waals surface area contributed by atoms with Crippen molar-refractivity contribution < 1.29 is 4.79 Å². The van der Waals surface area contributed by atoms with Gasteiger partial charge in [0.1, 0.15) is 0 Å². The van der Waals surface area contributed by atoms with Crippen LogP contribution in [0.2, 0.25) is 0 Å². The molecule has 3 unspecified atom stereocenters. The number of carbonyl (C=O) groups excluding carboxylic acids is 1. The van der Waals surface area contributed by atoms with Gasteiger partial charge in [0.2, 0.25) is 5.91 Å². The minimum atomic E-state index is -0.367. The van der Waals surface area contributed by atoms with Crippen LogP contribution in [0.4, 0.5) is 0 Å². The Morgan fingerprint density at radius 3 is 2.67 bits per heavy atom. The van der Waals surface area contributed by atoms with Crippen molar-refractivity contribution in [2.24, 2.45) is 5.92 Å². The number of hydrogen-bond donors (Lipinski definition) is 1. The molecule has 4 nitrogen and oxygen atoms in total. The zero-order valence-electron chi connectivity index (χ0n) is 14.5. The Morgan fingerprint density at radius 1 is 1.38 bits per heavy atom. The Hall–Kier alpha value is -0.610. The SMILES string of the molecule is CCN1CCCC(N2C(=O)C(C)(CC)NC2CC(C)C)C1. The van der Waals surface area contributed by atoms with E-state index in [1.807, 2.05) is 0 Å². The third-order valence-corrected chi connectivity index (χ3v) is 5.25. The highest BCUT2D eigenvalue weighted by molar-refractivity contribution is 5.88. The number of piperidine rings is 1. The Morgan fingerprint density at radius 2 is 2.10 bits per heavy atom. The Bertz CT molecular complexity index is 371. The first-order valence-corrected chi connectivity index (χ1v) is 8.74. The number of likely N-dealkylation sites (tertiary alicyclic amines) is 1. The molecule has 0 bridgehead atoms. The first-order chi connectivity index (χ1) is 9.91. The summed E-state index contributed by atoms with van der Waals surface area (Å²) >= 11 is 0. The molecule has 1 N–H and O–H groups in total. The highest BCUT2D eigenvalue weighted by atomic mass is 16.2. The molecule has 0 spiro atoms. The van der Waals surface area contributed by atoms with E-state index in [0.717, 1.165) is 32.4 Å². The van der Waals surface area contributed by atoms with Crippen molar-refractivity contribution >= 4 is 5.91 Å². The smallest absolute Gasteiger partial charge is 0.244 e. The molecule has 0 radical (unpaired) electrons. The standard InChI is InChI=1S/C17H33N3O/c1-6-17(5)16(21)20(15(18-17)11-13(3)4)14-9-8-10-19(7-2)12-14/h13-15,18H,6-12H2,1-5H3. The summed E-state index contributed by atoms with van der Waals surface area (Å²) < 4.78 is 0. The maximum atomic E-state index is 13.0. The van der Waals surface area contributed by atoms with E-state index >= 15 is 0 Å². The second-order valence-corrected chi connectivity index (χ2v) is 7.38. The quantitative estimate of drug-likeness (QED) is 0.846. The molecule has 2 fully saturated rings. The summed E-state index contributed by atoms with van der Waals surface area (Å²) in [7, 11) is 0. The number of carbonyl (C=O) groups is 1. The zero-order valence-corrected chi connectivity index (χ0v) is 14.5. The number of amides is 1. The van der Waals surface area contributed by atoms with Crippen LogP contribution in [-0.2, 0) is 4.79 Å². The van der Waals surface area contributed by atoms with Crippen molar-refractivity contribution in [3.05, 3.63) is 0 Å². The van der Waals surface area contributed by atoms with Gasteiger partial charge in [0.25, 0.3) is 0 Å².